The molecule has 0 aliphatic heterocycles. The van der Waals surface area contributed by atoms with E-state index in [0.717, 1.165) is 19.3 Å². The largest absolute Gasteiger partial charge is 0.396 e. The molecule has 80 valence electrons. The minimum atomic E-state index is -0.329. The lowest BCUT2D eigenvalue weighted by Crippen LogP contribution is -2.31. The van der Waals surface area contributed by atoms with Gasteiger partial charge in [-0.2, -0.15) is 0 Å². The second-order valence-electron chi connectivity index (χ2n) is 3.51. The van der Waals surface area contributed by atoms with Gasteiger partial charge in [-0.15, -0.1) is 0 Å². The maximum atomic E-state index is 9.19. The minimum Gasteiger partial charge on any atom is -0.396 e. The Morgan fingerprint density at radius 3 is 2.08 bits per heavy atom. The highest BCUT2D eigenvalue weighted by Gasteiger charge is 2.27. The molecule has 3 nitrogen and oxygen atoms in total. The van der Waals surface area contributed by atoms with E-state index in [0.29, 0.717) is 13.2 Å². The van der Waals surface area contributed by atoms with E-state index in [9.17, 15) is 10.2 Å². The molecule has 0 aromatic carbocycles. The Morgan fingerprint density at radius 2 is 1.69 bits per heavy atom. The fourth-order valence-electron chi connectivity index (χ4n) is 1.45. The van der Waals surface area contributed by atoms with Crippen molar-refractivity contribution in [3.63, 3.8) is 0 Å². The van der Waals surface area contributed by atoms with Crippen molar-refractivity contribution >= 4 is 0 Å². The smallest absolute Gasteiger partial charge is 0.0510 e. The highest BCUT2D eigenvalue weighted by atomic mass is 16.5. The van der Waals surface area contributed by atoms with Crippen molar-refractivity contribution in [2.45, 2.75) is 33.1 Å². The first kappa shape index (κ1) is 12.9. The fourth-order valence-corrected chi connectivity index (χ4v) is 1.45. The molecule has 0 saturated carbocycles. The van der Waals surface area contributed by atoms with Gasteiger partial charge in [0.1, 0.15) is 0 Å². The molecule has 3 heteroatoms. The minimum absolute atomic E-state index is 0.0460. The van der Waals surface area contributed by atoms with Crippen molar-refractivity contribution in [1.29, 1.82) is 0 Å². The van der Waals surface area contributed by atoms with Gasteiger partial charge in [0.2, 0.25) is 0 Å². The van der Waals surface area contributed by atoms with E-state index in [2.05, 4.69) is 6.92 Å². The van der Waals surface area contributed by atoms with Gasteiger partial charge < -0.3 is 14.9 Å². The summed E-state index contributed by atoms with van der Waals surface area (Å²) in [4.78, 5) is 0. The summed E-state index contributed by atoms with van der Waals surface area (Å²) in [6.07, 6.45) is 2.57. The molecule has 0 aliphatic rings. The molecule has 0 saturated heterocycles. The summed E-state index contributed by atoms with van der Waals surface area (Å²) in [6.45, 7) is 5.41. The maximum Gasteiger partial charge on any atom is 0.0510 e. The SMILES string of the molecule is CCCC(CO)(CO)CCOCC. The van der Waals surface area contributed by atoms with Crippen molar-refractivity contribution in [3.05, 3.63) is 0 Å². The standard InChI is InChI=1S/C10H22O3/c1-3-5-10(8-11,9-12)6-7-13-4-2/h11-12H,3-9H2,1-2H3. The van der Waals surface area contributed by atoms with Crippen molar-refractivity contribution in [1.82, 2.24) is 0 Å². The average molecular weight is 190 g/mol. The Morgan fingerprint density at radius 1 is 1.08 bits per heavy atom. The maximum absolute atomic E-state index is 9.19. The van der Waals surface area contributed by atoms with Crippen LogP contribution in [0.15, 0.2) is 0 Å². The van der Waals surface area contributed by atoms with Crippen molar-refractivity contribution in [2.24, 2.45) is 5.41 Å². The van der Waals surface area contributed by atoms with Gasteiger partial charge >= 0.3 is 0 Å². The lowest BCUT2D eigenvalue weighted by Gasteiger charge is -2.29. The molecular weight excluding hydrogens is 168 g/mol. The molecule has 13 heavy (non-hydrogen) atoms. The summed E-state index contributed by atoms with van der Waals surface area (Å²) in [7, 11) is 0. The Balaban J connectivity index is 3.89. The topological polar surface area (TPSA) is 49.7 Å². The third-order valence-corrected chi connectivity index (χ3v) is 2.43. The van der Waals surface area contributed by atoms with Gasteiger partial charge in [-0.05, 0) is 19.8 Å². The predicted octanol–water partition coefficient (Wildman–Crippen LogP) is 1.18. The molecule has 0 radical (unpaired) electrons. The molecule has 0 aromatic rings. The summed E-state index contributed by atoms with van der Waals surface area (Å²) in [5, 5.41) is 18.4. The Labute approximate surface area is 80.7 Å². The summed E-state index contributed by atoms with van der Waals surface area (Å²) < 4.78 is 5.22. The molecule has 0 rings (SSSR count). The average Bonchev–Trinajstić information content (AvgIpc) is 2.17. The summed E-state index contributed by atoms with van der Waals surface area (Å²) in [5.74, 6) is 0. The van der Waals surface area contributed by atoms with Gasteiger partial charge in [-0.25, -0.2) is 0 Å². The summed E-state index contributed by atoms with van der Waals surface area (Å²) in [5.41, 5.74) is -0.329. The van der Waals surface area contributed by atoms with E-state index in [1.807, 2.05) is 6.92 Å². The van der Waals surface area contributed by atoms with Gasteiger partial charge in [0.15, 0.2) is 0 Å². The summed E-state index contributed by atoms with van der Waals surface area (Å²) >= 11 is 0. The fraction of sp³-hybridized carbons (Fsp3) is 1.00. The zero-order chi connectivity index (χ0) is 10.2. The molecule has 0 amide bonds. The normalized spacial score (nSPS) is 12.0. The highest BCUT2D eigenvalue weighted by molar-refractivity contribution is 4.77. The molecule has 0 heterocycles. The number of hydrogen-bond acceptors (Lipinski definition) is 3. The van der Waals surface area contributed by atoms with Gasteiger partial charge in [0, 0.05) is 18.6 Å². The lowest BCUT2D eigenvalue weighted by atomic mass is 9.82. The van der Waals surface area contributed by atoms with E-state index in [1.54, 1.807) is 0 Å². The van der Waals surface area contributed by atoms with Gasteiger partial charge in [-0.3, -0.25) is 0 Å². The van der Waals surface area contributed by atoms with Crippen LogP contribution < -0.4 is 0 Å². The monoisotopic (exact) mass is 190 g/mol. The van der Waals surface area contributed by atoms with Gasteiger partial charge in [-0.1, -0.05) is 13.3 Å². The summed E-state index contributed by atoms with van der Waals surface area (Å²) in [6, 6.07) is 0. The molecule has 2 N–H and O–H groups in total. The van der Waals surface area contributed by atoms with Crippen LogP contribution in [0.25, 0.3) is 0 Å². The molecule has 0 aliphatic carbocycles. The quantitative estimate of drug-likeness (QED) is 0.565. The molecular formula is C10H22O3. The third-order valence-electron chi connectivity index (χ3n) is 2.43. The second kappa shape index (κ2) is 7.30. The van der Waals surface area contributed by atoms with Crippen LogP contribution in [0.5, 0.6) is 0 Å². The highest BCUT2D eigenvalue weighted by Crippen LogP contribution is 2.26. The van der Waals surface area contributed by atoms with Crippen LogP contribution in [-0.4, -0.2) is 36.6 Å². The van der Waals surface area contributed by atoms with Crippen molar-refractivity contribution in [2.75, 3.05) is 26.4 Å². The van der Waals surface area contributed by atoms with E-state index in [-0.39, 0.29) is 18.6 Å². The van der Waals surface area contributed by atoms with Crippen LogP contribution in [0.3, 0.4) is 0 Å². The first-order chi connectivity index (χ1) is 6.24. The van der Waals surface area contributed by atoms with Crippen LogP contribution in [-0.2, 0) is 4.74 Å². The number of aliphatic hydroxyl groups is 2. The molecule has 0 fully saturated rings. The number of rotatable bonds is 8. The number of ether oxygens (including phenoxy) is 1. The number of hydrogen-bond donors (Lipinski definition) is 2. The first-order valence-electron chi connectivity index (χ1n) is 5.04. The van der Waals surface area contributed by atoms with Crippen LogP contribution in [0.4, 0.5) is 0 Å². The molecule has 0 atom stereocenters. The van der Waals surface area contributed by atoms with Crippen LogP contribution >= 0.6 is 0 Å². The zero-order valence-electron chi connectivity index (χ0n) is 8.75. The molecule has 0 bridgehead atoms. The van der Waals surface area contributed by atoms with E-state index < -0.39 is 0 Å². The Hall–Kier alpha value is -0.120. The van der Waals surface area contributed by atoms with E-state index in [1.165, 1.54) is 0 Å². The van der Waals surface area contributed by atoms with Crippen molar-refractivity contribution in [3.8, 4) is 0 Å². The van der Waals surface area contributed by atoms with Gasteiger partial charge in [0.05, 0.1) is 13.2 Å². The second-order valence-corrected chi connectivity index (χ2v) is 3.51. The lowest BCUT2D eigenvalue weighted by molar-refractivity contribution is 0.0116. The predicted molar refractivity (Wildman–Crippen MR) is 52.6 cm³/mol. The van der Waals surface area contributed by atoms with Gasteiger partial charge in [0.25, 0.3) is 0 Å². The van der Waals surface area contributed by atoms with Crippen LogP contribution in [0.2, 0.25) is 0 Å². The number of aliphatic hydroxyl groups excluding tert-OH is 2. The molecule has 0 aromatic heterocycles. The zero-order valence-corrected chi connectivity index (χ0v) is 8.75. The van der Waals surface area contributed by atoms with Crippen molar-refractivity contribution < 1.29 is 14.9 Å². The molecule has 0 spiro atoms. The van der Waals surface area contributed by atoms with E-state index in [4.69, 9.17) is 4.74 Å². The van der Waals surface area contributed by atoms with Crippen LogP contribution in [0, 0.1) is 5.41 Å². The van der Waals surface area contributed by atoms with E-state index >= 15 is 0 Å². The Kier molecular flexibility index (Phi) is 7.23. The Bertz CT molecular complexity index is 111. The third kappa shape index (κ3) is 4.60. The first-order valence-corrected chi connectivity index (χ1v) is 5.04. The van der Waals surface area contributed by atoms with Crippen LogP contribution in [0.1, 0.15) is 33.1 Å². The molecule has 0 unspecified atom stereocenters.